The standard InChI is InChI=1S/C19H20Cl2N2O2/c20-14-6-4-8-16(12-14)22-23(17-9-5-7-15(21)13-17)19(24)25-18-10-2-1-3-11-18/h4-9,12-13,18,22H,1-3,10-11H2. The van der Waals surface area contributed by atoms with Crippen molar-refractivity contribution in [3.05, 3.63) is 58.6 Å². The molecule has 0 spiro atoms. The number of carbonyl (C=O) groups is 1. The fourth-order valence-electron chi connectivity index (χ4n) is 2.90. The van der Waals surface area contributed by atoms with E-state index in [-0.39, 0.29) is 6.10 Å². The highest BCUT2D eigenvalue weighted by Crippen LogP contribution is 2.25. The van der Waals surface area contributed by atoms with E-state index >= 15 is 0 Å². The Kier molecular flexibility index (Phi) is 6.05. The summed E-state index contributed by atoms with van der Waals surface area (Å²) >= 11 is 12.1. The molecule has 1 amide bonds. The molecule has 25 heavy (non-hydrogen) atoms. The van der Waals surface area contributed by atoms with Crippen molar-refractivity contribution in [2.75, 3.05) is 10.4 Å². The van der Waals surface area contributed by atoms with E-state index in [4.69, 9.17) is 27.9 Å². The van der Waals surface area contributed by atoms with Gasteiger partial charge in [-0.3, -0.25) is 5.43 Å². The Bertz CT molecular complexity index is 733. The molecule has 1 aliphatic carbocycles. The number of nitrogens with zero attached hydrogens (tertiary/aromatic N) is 1. The normalized spacial score (nSPS) is 14.8. The molecular formula is C19H20Cl2N2O2. The van der Waals surface area contributed by atoms with E-state index in [1.807, 2.05) is 12.1 Å². The molecule has 1 fully saturated rings. The van der Waals surface area contributed by atoms with Crippen molar-refractivity contribution in [1.82, 2.24) is 0 Å². The first-order valence-electron chi connectivity index (χ1n) is 8.40. The predicted molar refractivity (Wildman–Crippen MR) is 102 cm³/mol. The summed E-state index contributed by atoms with van der Waals surface area (Å²) in [6.45, 7) is 0. The number of ether oxygens (including phenoxy) is 1. The summed E-state index contributed by atoms with van der Waals surface area (Å²) in [7, 11) is 0. The highest BCUT2D eigenvalue weighted by molar-refractivity contribution is 6.31. The Morgan fingerprint density at radius 3 is 2.36 bits per heavy atom. The fourth-order valence-corrected chi connectivity index (χ4v) is 3.27. The molecule has 4 nitrogen and oxygen atoms in total. The van der Waals surface area contributed by atoms with Crippen molar-refractivity contribution >= 4 is 40.7 Å². The number of hydrogen-bond donors (Lipinski definition) is 1. The fraction of sp³-hybridized carbons (Fsp3) is 0.316. The number of carbonyl (C=O) groups excluding carboxylic acids is 1. The Balaban J connectivity index is 1.81. The zero-order valence-corrected chi connectivity index (χ0v) is 15.3. The van der Waals surface area contributed by atoms with E-state index in [1.54, 1.807) is 36.4 Å². The van der Waals surface area contributed by atoms with Gasteiger partial charge in [-0.15, -0.1) is 0 Å². The summed E-state index contributed by atoms with van der Waals surface area (Å²) < 4.78 is 5.70. The second-order valence-corrected chi connectivity index (χ2v) is 6.95. The predicted octanol–water partition coefficient (Wildman–Crippen LogP) is 6.30. The number of anilines is 2. The Hall–Kier alpha value is -1.91. The molecule has 3 rings (SSSR count). The van der Waals surface area contributed by atoms with Gasteiger partial charge in [-0.1, -0.05) is 41.8 Å². The Labute approximate surface area is 157 Å². The number of nitrogens with one attached hydrogen (secondary N) is 1. The average Bonchev–Trinajstić information content (AvgIpc) is 2.60. The lowest BCUT2D eigenvalue weighted by atomic mass is 9.98. The molecule has 6 heteroatoms. The van der Waals surface area contributed by atoms with Gasteiger partial charge in [0.05, 0.1) is 11.4 Å². The minimum absolute atomic E-state index is 0.0379. The first-order chi connectivity index (χ1) is 12.1. The average molecular weight is 379 g/mol. The maximum Gasteiger partial charge on any atom is 0.433 e. The molecule has 1 saturated carbocycles. The molecule has 0 bridgehead atoms. The summed E-state index contributed by atoms with van der Waals surface area (Å²) in [5, 5.41) is 2.49. The lowest BCUT2D eigenvalue weighted by molar-refractivity contribution is 0.0817. The van der Waals surface area contributed by atoms with Crippen LogP contribution in [0.15, 0.2) is 48.5 Å². The van der Waals surface area contributed by atoms with Crippen molar-refractivity contribution in [1.29, 1.82) is 0 Å². The zero-order valence-electron chi connectivity index (χ0n) is 13.8. The van der Waals surface area contributed by atoms with E-state index in [0.29, 0.717) is 21.4 Å². The van der Waals surface area contributed by atoms with Crippen LogP contribution in [0.1, 0.15) is 32.1 Å². The van der Waals surface area contributed by atoms with Crippen LogP contribution in [0.2, 0.25) is 10.0 Å². The van der Waals surface area contributed by atoms with Crippen LogP contribution in [-0.4, -0.2) is 12.2 Å². The maximum atomic E-state index is 12.8. The van der Waals surface area contributed by atoms with Crippen LogP contribution in [0.25, 0.3) is 0 Å². The summed E-state index contributed by atoms with van der Waals surface area (Å²) in [6.07, 6.45) is 4.72. The molecule has 1 N–H and O–H groups in total. The van der Waals surface area contributed by atoms with Gasteiger partial charge in [-0.2, -0.15) is 5.01 Å². The first-order valence-corrected chi connectivity index (χ1v) is 9.16. The van der Waals surface area contributed by atoms with E-state index in [0.717, 1.165) is 25.7 Å². The largest absolute Gasteiger partial charge is 0.445 e. The number of amides is 1. The zero-order chi connectivity index (χ0) is 17.6. The molecule has 2 aromatic carbocycles. The van der Waals surface area contributed by atoms with Gasteiger partial charge in [0.25, 0.3) is 0 Å². The summed E-state index contributed by atoms with van der Waals surface area (Å²) in [5.74, 6) is 0. The van der Waals surface area contributed by atoms with Gasteiger partial charge in [0.15, 0.2) is 0 Å². The summed E-state index contributed by atoms with van der Waals surface area (Å²) in [4.78, 5) is 12.8. The van der Waals surface area contributed by atoms with Gasteiger partial charge in [-0.25, -0.2) is 4.79 Å². The Morgan fingerprint density at radius 2 is 1.68 bits per heavy atom. The van der Waals surface area contributed by atoms with Crippen molar-refractivity contribution in [3.63, 3.8) is 0 Å². The highest BCUT2D eigenvalue weighted by Gasteiger charge is 2.23. The van der Waals surface area contributed by atoms with Crippen molar-refractivity contribution in [2.45, 2.75) is 38.2 Å². The van der Waals surface area contributed by atoms with Crippen molar-refractivity contribution in [2.24, 2.45) is 0 Å². The molecule has 0 heterocycles. The number of rotatable bonds is 4. The van der Waals surface area contributed by atoms with Crippen LogP contribution in [0, 0.1) is 0 Å². The third-order valence-corrected chi connectivity index (χ3v) is 4.60. The molecule has 0 saturated heterocycles. The molecule has 0 atom stereocenters. The van der Waals surface area contributed by atoms with Crippen LogP contribution in [0.3, 0.4) is 0 Å². The molecular weight excluding hydrogens is 359 g/mol. The topological polar surface area (TPSA) is 41.6 Å². The SMILES string of the molecule is O=C(OC1CCCCC1)N(Nc1cccc(Cl)c1)c1cccc(Cl)c1. The number of benzene rings is 2. The minimum atomic E-state index is -0.450. The lowest BCUT2D eigenvalue weighted by Gasteiger charge is -2.28. The van der Waals surface area contributed by atoms with Gasteiger partial charge >= 0.3 is 6.09 Å². The molecule has 0 unspecified atom stereocenters. The summed E-state index contributed by atoms with van der Waals surface area (Å²) in [6, 6.07) is 14.2. The lowest BCUT2D eigenvalue weighted by Crippen LogP contribution is -2.39. The summed E-state index contributed by atoms with van der Waals surface area (Å²) in [5.41, 5.74) is 4.36. The van der Waals surface area contributed by atoms with E-state index in [2.05, 4.69) is 5.43 Å². The quantitative estimate of drug-likeness (QED) is 0.634. The second-order valence-electron chi connectivity index (χ2n) is 6.08. The Morgan fingerprint density at radius 1 is 1.00 bits per heavy atom. The highest BCUT2D eigenvalue weighted by atomic mass is 35.5. The monoisotopic (exact) mass is 378 g/mol. The minimum Gasteiger partial charge on any atom is -0.445 e. The smallest absolute Gasteiger partial charge is 0.433 e. The third kappa shape index (κ3) is 5.03. The van der Waals surface area contributed by atoms with Gasteiger partial charge in [0.2, 0.25) is 0 Å². The molecule has 0 aromatic heterocycles. The van der Waals surface area contributed by atoms with Crippen LogP contribution < -0.4 is 10.4 Å². The van der Waals surface area contributed by atoms with E-state index in [1.165, 1.54) is 11.4 Å². The molecule has 2 aromatic rings. The number of hydrazine groups is 1. The van der Waals surface area contributed by atoms with Crippen LogP contribution in [0.5, 0.6) is 0 Å². The van der Waals surface area contributed by atoms with Gasteiger partial charge in [0, 0.05) is 10.0 Å². The number of hydrogen-bond acceptors (Lipinski definition) is 3. The first kappa shape index (κ1) is 17.9. The molecule has 132 valence electrons. The van der Waals surface area contributed by atoms with Gasteiger partial charge in [-0.05, 0) is 62.1 Å². The molecule has 0 radical (unpaired) electrons. The van der Waals surface area contributed by atoms with Crippen molar-refractivity contribution < 1.29 is 9.53 Å². The van der Waals surface area contributed by atoms with Gasteiger partial charge in [0.1, 0.15) is 6.10 Å². The van der Waals surface area contributed by atoms with E-state index < -0.39 is 6.09 Å². The molecule has 0 aliphatic heterocycles. The van der Waals surface area contributed by atoms with Crippen LogP contribution in [0.4, 0.5) is 16.2 Å². The van der Waals surface area contributed by atoms with Crippen LogP contribution >= 0.6 is 23.2 Å². The maximum absolute atomic E-state index is 12.8. The van der Waals surface area contributed by atoms with Crippen molar-refractivity contribution in [3.8, 4) is 0 Å². The van der Waals surface area contributed by atoms with Gasteiger partial charge < -0.3 is 4.74 Å². The number of halogens is 2. The molecule has 1 aliphatic rings. The van der Waals surface area contributed by atoms with Crippen LogP contribution in [-0.2, 0) is 4.74 Å². The van der Waals surface area contributed by atoms with E-state index in [9.17, 15) is 4.79 Å². The third-order valence-electron chi connectivity index (χ3n) is 4.13. The second kappa shape index (κ2) is 8.45.